The van der Waals surface area contributed by atoms with Gasteiger partial charge in [-0.05, 0) is 37.0 Å². The van der Waals surface area contributed by atoms with Crippen molar-refractivity contribution in [2.24, 2.45) is 11.7 Å². The number of amides is 1. The summed E-state index contributed by atoms with van der Waals surface area (Å²) >= 11 is 0. The van der Waals surface area contributed by atoms with Crippen LogP contribution in [0.2, 0.25) is 0 Å². The highest BCUT2D eigenvalue weighted by Gasteiger charge is 2.31. The lowest BCUT2D eigenvalue weighted by Gasteiger charge is -2.20. The number of hydrogen-bond donors (Lipinski definition) is 2. The molecule has 0 aromatic heterocycles. The van der Waals surface area contributed by atoms with Crippen molar-refractivity contribution in [2.75, 3.05) is 19.8 Å². The number of ether oxygens (including phenoxy) is 2. The summed E-state index contributed by atoms with van der Waals surface area (Å²) in [4.78, 5) is 12.2. The van der Waals surface area contributed by atoms with Crippen LogP contribution in [0.25, 0.3) is 0 Å². The predicted molar refractivity (Wildman–Crippen MR) is 77.7 cm³/mol. The number of nitrogens with two attached hydrogens (primary N) is 1. The van der Waals surface area contributed by atoms with Crippen LogP contribution in [0.15, 0.2) is 18.2 Å². The molecule has 1 unspecified atom stereocenters. The van der Waals surface area contributed by atoms with Crippen LogP contribution in [0.5, 0.6) is 11.5 Å². The molecule has 5 nitrogen and oxygen atoms in total. The van der Waals surface area contributed by atoms with E-state index in [1.54, 1.807) is 18.2 Å². The maximum atomic E-state index is 12.2. The molecule has 1 saturated carbocycles. The molecular weight excluding hydrogens is 280 g/mol. The molecule has 6 heteroatoms. The molecule has 2 aliphatic rings. The van der Waals surface area contributed by atoms with Gasteiger partial charge >= 0.3 is 0 Å². The molecule has 3 N–H and O–H groups in total. The molecule has 1 aromatic carbocycles. The first-order valence-electron chi connectivity index (χ1n) is 6.68. The Morgan fingerprint density at radius 3 is 2.65 bits per heavy atom. The highest BCUT2D eigenvalue weighted by molar-refractivity contribution is 5.95. The minimum absolute atomic E-state index is 0. The minimum atomic E-state index is -0.0978. The van der Waals surface area contributed by atoms with Crippen molar-refractivity contribution < 1.29 is 14.3 Å². The van der Waals surface area contributed by atoms with E-state index in [1.807, 2.05) is 0 Å². The van der Waals surface area contributed by atoms with Gasteiger partial charge in [-0.3, -0.25) is 4.79 Å². The van der Waals surface area contributed by atoms with E-state index >= 15 is 0 Å². The zero-order valence-corrected chi connectivity index (χ0v) is 11.9. The van der Waals surface area contributed by atoms with Gasteiger partial charge < -0.3 is 20.5 Å². The molecule has 1 fully saturated rings. The van der Waals surface area contributed by atoms with Crippen molar-refractivity contribution >= 4 is 18.3 Å². The standard InChI is InChI=1S/C14H18N2O3.ClH/c15-8-11(9-1-2-9)16-14(17)10-3-4-12-13(7-10)19-6-5-18-12;/h3-4,7,9,11H,1-2,5-6,8,15H2,(H,16,17);1H. The topological polar surface area (TPSA) is 73.6 Å². The van der Waals surface area contributed by atoms with Gasteiger partial charge in [0.2, 0.25) is 0 Å². The van der Waals surface area contributed by atoms with Gasteiger partial charge in [0, 0.05) is 18.2 Å². The molecule has 1 heterocycles. The Bertz CT molecular complexity index is 491. The van der Waals surface area contributed by atoms with Crippen LogP contribution in [0.1, 0.15) is 23.2 Å². The monoisotopic (exact) mass is 298 g/mol. The fourth-order valence-corrected chi connectivity index (χ4v) is 2.30. The van der Waals surface area contributed by atoms with Gasteiger partial charge in [-0.2, -0.15) is 0 Å². The highest BCUT2D eigenvalue weighted by Crippen LogP contribution is 2.33. The quantitative estimate of drug-likeness (QED) is 0.880. The Morgan fingerprint density at radius 2 is 2.00 bits per heavy atom. The normalized spacial score (nSPS) is 17.9. The van der Waals surface area contributed by atoms with E-state index in [0.29, 0.717) is 42.7 Å². The van der Waals surface area contributed by atoms with Gasteiger partial charge in [-0.1, -0.05) is 0 Å². The van der Waals surface area contributed by atoms with E-state index in [0.717, 1.165) is 12.8 Å². The first-order chi connectivity index (χ1) is 9.28. The van der Waals surface area contributed by atoms with Crippen molar-refractivity contribution in [3.05, 3.63) is 23.8 Å². The fraction of sp³-hybridized carbons (Fsp3) is 0.500. The van der Waals surface area contributed by atoms with E-state index < -0.39 is 0 Å². The summed E-state index contributed by atoms with van der Waals surface area (Å²) in [5, 5.41) is 2.99. The number of nitrogens with one attached hydrogen (secondary N) is 1. The molecule has 1 aliphatic carbocycles. The third kappa shape index (κ3) is 3.16. The maximum Gasteiger partial charge on any atom is 0.251 e. The first kappa shape index (κ1) is 14.9. The van der Waals surface area contributed by atoms with E-state index in [9.17, 15) is 4.79 Å². The van der Waals surface area contributed by atoms with Crippen molar-refractivity contribution in [3.8, 4) is 11.5 Å². The summed E-state index contributed by atoms with van der Waals surface area (Å²) in [6.45, 7) is 1.56. The molecular formula is C14H19ClN2O3. The Balaban J connectivity index is 0.00000147. The number of benzene rings is 1. The van der Waals surface area contributed by atoms with E-state index in [4.69, 9.17) is 15.2 Å². The number of halogens is 1. The lowest BCUT2D eigenvalue weighted by Crippen LogP contribution is -2.41. The molecule has 20 heavy (non-hydrogen) atoms. The summed E-state index contributed by atoms with van der Waals surface area (Å²) in [6.07, 6.45) is 2.31. The minimum Gasteiger partial charge on any atom is -0.486 e. The molecule has 0 spiro atoms. The Labute approximate surface area is 124 Å². The maximum absolute atomic E-state index is 12.2. The van der Waals surface area contributed by atoms with Crippen molar-refractivity contribution in [3.63, 3.8) is 0 Å². The van der Waals surface area contributed by atoms with Crippen LogP contribution in [-0.4, -0.2) is 31.7 Å². The summed E-state index contributed by atoms with van der Waals surface area (Å²) in [5.41, 5.74) is 6.28. The summed E-state index contributed by atoms with van der Waals surface area (Å²) in [7, 11) is 0. The zero-order chi connectivity index (χ0) is 13.2. The predicted octanol–water partition coefficient (Wildman–Crippen LogP) is 1.35. The van der Waals surface area contributed by atoms with Gasteiger partial charge in [0.05, 0.1) is 0 Å². The molecule has 1 amide bonds. The molecule has 110 valence electrons. The van der Waals surface area contributed by atoms with Crippen LogP contribution in [0.4, 0.5) is 0 Å². The zero-order valence-electron chi connectivity index (χ0n) is 11.1. The van der Waals surface area contributed by atoms with Crippen LogP contribution in [0, 0.1) is 5.92 Å². The van der Waals surface area contributed by atoms with E-state index in [2.05, 4.69) is 5.32 Å². The summed E-state index contributed by atoms with van der Waals surface area (Å²) in [6, 6.07) is 5.34. The van der Waals surface area contributed by atoms with Crippen molar-refractivity contribution in [2.45, 2.75) is 18.9 Å². The second-order valence-electron chi connectivity index (χ2n) is 5.01. The SMILES string of the molecule is Cl.NCC(NC(=O)c1ccc2c(c1)OCCO2)C1CC1. The Morgan fingerprint density at radius 1 is 1.30 bits per heavy atom. The fourth-order valence-electron chi connectivity index (χ4n) is 2.30. The molecule has 3 rings (SSSR count). The van der Waals surface area contributed by atoms with Gasteiger partial charge in [0.25, 0.3) is 5.91 Å². The number of fused-ring (bicyclic) bond motifs is 1. The molecule has 0 radical (unpaired) electrons. The first-order valence-corrected chi connectivity index (χ1v) is 6.68. The molecule has 1 aliphatic heterocycles. The largest absolute Gasteiger partial charge is 0.486 e. The van der Waals surface area contributed by atoms with Crippen molar-refractivity contribution in [1.29, 1.82) is 0 Å². The van der Waals surface area contributed by atoms with Gasteiger partial charge in [0.1, 0.15) is 13.2 Å². The summed E-state index contributed by atoms with van der Waals surface area (Å²) < 4.78 is 10.9. The average molecular weight is 299 g/mol. The second kappa shape index (κ2) is 6.33. The molecule has 1 aromatic rings. The van der Waals surface area contributed by atoms with Gasteiger partial charge in [-0.15, -0.1) is 12.4 Å². The summed E-state index contributed by atoms with van der Waals surface area (Å²) in [5.74, 6) is 1.78. The number of hydrogen-bond acceptors (Lipinski definition) is 4. The molecule has 0 saturated heterocycles. The highest BCUT2D eigenvalue weighted by atomic mass is 35.5. The number of carbonyl (C=O) groups is 1. The van der Waals surface area contributed by atoms with E-state index in [1.165, 1.54) is 0 Å². The third-order valence-electron chi connectivity index (χ3n) is 3.57. The lowest BCUT2D eigenvalue weighted by atomic mass is 10.1. The molecule has 0 bridgehead atoms. The lowest BCUT2D eigenvalue weighted by molar-refractivity contribution is 0.0932. The number of carbonyl (C=O) groups excluding carboxylic acids is 1. The smallest absolute Gasteiger partial charge is 0.251 e. The number of rotatable bonds is 4. The van der Waals surface area contributed by atoms with Gasteiger partial charge in [-0.25, -0.2) is 0 Å². The van der Waals surface area contributed by atoms with Gasteiger partial charge in [0.15, 0.2) is 11.5 Å². The van der Waals surface area contributed by atoms with Crippen LogP contribution in [-0.2, 0) is 0 Å². The Hall–Kier alpha value is -1.46. The third-order valence-corrected chi connectivity index (χ3v) is 3.57. The van der Waals surface area contributed by atoms with Crippen molar-refractivity contribution in [1.82, 2.24) is 5.32 Å². The van der Waals surface area contributed by atoms with Crippen LogP contribution in [0.3, 0.4) is 0 Å². The van der Waals surface area contributed by atoms with E-state index in [-0.39, 0.29) is 24.4 Å². The molecule has 1 atom stereocenters. The van der Waals surface area contributed by atoms with Crippen LogP contribution >= 0.6 is 12.4 Å². The average Bonchev–Trinajstić information content (AvgIpc) is 3.28. The van der Waals surface area contributed by atoms with Crippen LogP contribution < -0.4 is 20.5 Å². The Kier molecular flexibility index (Phi) is 4.73. The second-order valence-corrected chi connectivity index (χ2v) is 5.01.